The van der Waals surface area contributed by atoms with Crippen LogP contribution in [0.5, 0.6) is 5.88 Å². The lowest BCUT2D eigenvalue weighted by Gasteiger charge is -2.21. The summed E-state index contributed by atoms with van der Waals surface area (Å²) in [6, 6.07) is 7.91. The van der Waals surface area contributed by atoms with Crippen LogP contribution in [0.3, 0.4) is 0 Å². The van der Waals surface area contributed by atoms with Gasteiger partial charge in [-0.25, -0.2) is 4.98 Å². The van der Waals surface area contributed by atoms with Crippen LogP contribution in [0.15, 0.2) is 40.6 Å². The van der Waals surface area contributed by atoms with Crippen molar-refractivity contribution < 1.29 is 9.53 Å². The number of hydrogen-bond acceptors (Lipinski definition) is 6. The molecule has 1 aromatic carbocycles. The molecule has 28 heavy (non-hydrogen) atoms. The molecule has 0 atom stereocenters. The zero-order chi connectivity index (χ0) is 20.3. The number of carbonyl (C=O) groups excluding carboxylic acids is 1. The monoisotopic (exact) mass is 415 g/mol. The van der Waals surface area contributed by atoms with Crippen LogP contribution >= 0.6 is 23.5 Å². The Morgan fingerprint density at radius 1 is 1.29 bits per heavy atom. The van der Waals surface area contributed by atoms with E-state index in [1.165, 1.54) is 17.3 Å². The number of rotatable bonds is 4. The lowest BCUT2D eigenvalue weighted by atomic mass is 9.86. The summed E-state index contributed by atoms with van der Waals surface area (Å²) in [4.78, 5) is 23.6. The highest BCUT2D eigenvalue weighted by molar-refractivity contribution is 8.03. The third-order valence-corrected chi connectivity index (χ3v) is 6.07. The highest BCUT2D eigenvalue weighted by Crippen LogP contribution is 2.33. The Labute approximate surface area is 175 Å². The first-order valence-corrected chi connectivity index (χ1v) is 11.3. The number of hydrogen-bond donors (Lipinski definition) is 0. The van der Waals surface area contributed by atoms with Crippen LogP contribution in [-0.4, -0.2) is 46.4 Å². The second-order valence-corrected chi connectivity index (χ2v) is 9.33. The number of amides is 1. The number of ether oxygens (including phenoxy) is 1. The van der Waals surface area contributed by atoms with Gasteiger partial charge in [-0.3, -0.25) is 4.79 Å². The van der Waals surface area contributed by atoms with Crippen molar-refractivity contribution >= 4 is 35.5 Å². The van der Waals surface area contributed by atoms with E-state index in [1.807, 2.05) is 41.5 Å². The van der Waals surface area contributed by atoms with Crippen molar-refractivity contribution in [3.63, 3.8) is 0 Å². The third kappa shape index (κ3) is 4.52. The van der Waals surface area contributed by atoms with Gasteiger partial charge in [0.25, 0.3) is 5.91 Å². The van der Waals surface area contributed by atoms with Gasteiger partial charge in [0.2, 0.25) is 5.88 Å². The van der Waals surface area contributed by atoms with Gasteiger partial charge in [-0.15, -0.1) is 11.8 Å². The molecule has 1 aliphatic rings. The summed E-state index contributed by atoms with van der Waals surface area (Å²) in [6.07, 6.45) is 5.59. The van der Waals surface area contributed by atoms with Crippen LogP contribution in [0.25, 0.3) is 6.08 Å². The maximum absolute atomic E-state index is 13.1. The van der Waals surface area contributed by atoms with Crippen molar-refractivity contribution in [2.24, 2.45) is 0 Å². The van der Waals surface area contributed by atoms with Crippen molar-refractivity contribution in [3.8, 4) is 5.88 Å². The Morgan fingerprint density at radius 3 is 2.61 bits per heavy atom. The van der Waals surface area contributed by atoms with E-state index in [0.29, 0.717) is 23.1 Å². The average molecular weight is 416 g/mol. The molecule has 1 saturated heterocycles. The predicted molar refractivity (Wildman–Crippen MR) is 117 cm³/mol. The molecule has 1 aliphatic heterocycles. The summed E-state index contributed by atoms with van der Waals surface area (Å²) >= 11 is 3.12. The highest BCUT2D eigenvalue weighted by Gasteiger charge is 2.26. The Hall–Kier alpha value is -1.99. The van der Waals surface area contributed by atoms with Crippen LogP contribution < -0.4 is 4.74 Å². The van der Waals surface area contributed by atoms with Crippen LogP contribution in [0, 0.1) is 0 Å². The minimum atomic E-state index is 0.0114. The molecule has 0 spiro atoms. The minimum Gasteiger partial charge on any atom is -0.480 e. The van der Waals surface area contributed by atoms with Gasteiger partial charge in [-0.2, -0.15) is 4.98 Å². The SMILES string of the molecule is COc1nc(SC)ncc1/C=C1/SCCN1C(=O)c1ccc(C(C)(C)C)cc1. The summed E-state index contributed by atoms with van der Waals surface area (Å²) < 4.78 is 5.40. The van der Waals surface area contributed by atoms with Crippen molar-refractivity contribution in [2.45, 2.75) is 31.3 Å². The molecule has 2 aromatic rings. The molecule has 0 N–H and O–H groups in total. The van der Waals surface area contributed by atoms with E-state index >= 15 is 0 Å². The molecular weight excluding hydrogens is 390 g/mol. The van der Waals surface area contributed by atoms with E-state index in [4.69, 9.17) is 4.74 Å². The summed E-state index contributed by atoms with van der Waals surface area (Å²) in [5.41, 5.74) is 2.75. The molecule has 0 unspecified atom stereocenters. The van der Waals surface area contributed by atoms with Crippen molar-refractivity contribution in [3.05, 3.63) is 52.2 Å². The standard InChI is InChI=1S/C21H25N3O2S2/c1-21(2,3)16-8-6-14(7-9-16)19(25)24-10-11-28-17(24)12-15-13-22-20(27-5)23-18(15)26-4/h6-9,12-13H,10-11H2,1-5H3/b17-12+. The largest absolute Gasteiger partial charge is 0.480 e. The Bertz CT molecular complexity index is 890. The van der Waals surface area contributed by atoms with Gasteiger partial charge in [-0.1, -0.05) is 44.7 Å². The summed E-state index contributed by atoms with van der Waals surface area (Å²) in [7, 11) is 1.59. The predicted octanol–water partition coefficient (Wildman–Crippen LogP) is 4.69. The fraction of sp³-hybridized carbons (Fsp3) is 0.381. The van der Waals surface area contributed by atoms with Crippen molar-refractivity contribution in [1.82, 2.24) is 14.9 Å². The third-order valence-electron chi connectivity index (χ3n) is 4.49. The first kappa shape index (κ1) is 20.7. The van der Waals surface area contributed by atoms with Crippen molar-refractivity contribution in [1.29, 1.82) is 0 Å². The van der Waals surface area contributed by atoms with Gasteiger partial charge in [-0.05, 0) is 35.4 Å². The fourth-order valence-corrected chi connectivity index (χ4v) is 4.23. The smallest absolute Gasteiger partial charge is 0.258 e. The molecule has 0 bridgehead atoms. The topological polar surface area (TPSA) is 55.3 Å². The van der Waals surface area contributed by atoms with E-state index < -0.39 is 0 Å². The summed E-state index contributed by atoms with van der Waals surface area (Å²) in [5, 5.41) is 1.55. The average Bonchev–Trinajstić information content (AvgIpc) is 3.15. The zero-order valence-electron chi connectivity index (χ0n) is 16.9. The number of aromatic nitrogens is 2. The maximum Gasteiger partial charge on any atom is 0.258 e. The van der Waals surface area contributed by atoms with Gasteiger partial charge >= 0.3 is 0 Å². The number of benzene rings is 1. The van der Waals surface area contributed by atoms with Gasteiger partial charge < -0.3 is 9.64 Å². The normalized spacial score (nSPS) is 15.9. The summed E-state index contributed by atoms with van der Waals surface area (Å²) in [5.74, 6) is 1.39. The first-order chi connectivity index (χ1) is 13.3. The molecule has 0 radical (unpaired) electrons. The molecule has 3 rings (SSSR count). The number of carbonyl (C=O) groups is 1. The lowest BCUT2D eigenvalue weighted by molar-refractivity contribution is 0.0831. The quantitative estimate of drug-likeness (QED) is 0.533. The van der Waals surface area contributed by atoms with E-state index in [2.05, 4.69) is 30.7 Å². The maximum atomic E-state index is 13.1. The van der Waals surface area contributed by atoms with Gasteiger partial charge in [0, 0.05) is 24.1 Å². The second kappa shape index (κ2) is 8.57. The van der Waals surface area contributed by atoms with Gasteiger partial charge in [0.05, 0.1) is 17.7 Å². The number of methoxy groups -OCH3 is 1. The Kier molecular flexibility index (Phi) is 6.35. The Balaban J connectivity index is 1.86. The van der Waals surface area contributed by atoms with E-state index in [-0.39, 0.29) is 11.3 Å². The molecule has 0 aliphatic carbocycles. The zero-order valence-corrected chi connectivity index (χ0v) is 18.5. The first-order valence-electron chi connectivity index (χ1n) is 9.05. The molecule has 2 heterocycles. The molecule has 0 saturated carbocycles. The molecule has 5 nitrogen and oxygen atoms in total. The van der Waals surface area contributed by atoms with E-state index in [1.54, 1.807) is 25.1 Å². The van der Waals surface area contributed by atoms with Crippen LogP contribution in [-0.2, 0) is 5.41 Å². The van der Waals surface area contributed by atoms with Crippen LogP contribution in [0.1, 0.15) is 42.3 Å². The fourth-order valence-electron chi connectivity index (χ4n) is 2.87. The van der Waals surface area contributed by atoms with Gasteiger partial charge in [0.1, 0.15) is 0 Å². The molecule has 148 valence electrons. The molecule has 1 aromatic heterocycles. The highest BCUT2D eigenvalue weighted by atomic mass is 32.2. The van der Waals surface area contributed by atoms with Crippen LogP contribution in [0.4, 0.5) is 0 Å². The van der Waals surface area contributed by atoms with Crippen LogP contribution in [0.2, 0.25) is 0 Å². The molecule has 1 fully saturated rings. The molecule has 7 heteroatoms. The second-order valence-electron chi connectivity index (χ2n) is 7.44. The van der Waals surface area contributed by atoms with Gasteiger partial charge in [0.15, 0.2) is 5.16 Å². The lowest BCUT2D eigenvalue weighted by Crippen LogP contribution is -2.26. The molecule has 1 amide bonds. The van der Waals surface area contributed by atoms with E-state index in [9.17, 15) is 4.79 Å². The summed E-state index contributed by atoms with van der Waals surface area (Å²) in [6.45, 7) is 7.18. The van der Waals surface area contributed by atoms with Crippen molar-refractivity contribution in [2.75, 3.05) is 25.7 Å². The minimum absolute atomic E-state index is 0.0114. The molecular formula is C21H25N3O2S2. The number of nitrogens with zero attached hydrogens (tertiary/aromatic N) is 3. The van der Waals surface area contributed by atoms with E-state index in [0.717, 1.165) is 16.3 Å². The Morgan fingerprint density at radius 2 is 2.00 bits per heavy atom. The number of thioether (sulfide) groups is 2.